The average molecular weight is 290 g/mol. The van der Waals surface area contributed by atoms with E-state index in [0.29, 0.717) is 12.8 Å². The van der Waals surface area contributed by atoms with Crippen molar-refractivity contribution >= 4 is 17.6 Å². The molecule has 1 aromatic rings. The Hall–Kier alpha value is -2.42. The number of rotatable bonds is 3. The predicted molar refractivity (Wildman–Crippen MR) is 72.8 cm³/mol. The van der Waals surface area contributed by atoms with Crippen molar-refractivity contribution in [1.82, 2.24) is 0 Å². The van der Waals surface area contributed by atoms with E-state index in [4.69, 9.17) is 10.4 Å². The fourth-order valence-electron chi connectivity index (χ4n) is 2.82. The van der Waals surface area contributed by atoms with Crippen LogP contribution in [0, 0.1) is 34.9 Å². The monoisotopic (exact) mass is 290 g/mol. The van der Waals surface area contributed by atoms with Crippen LogP contribution in [0.4, 0.5) is 10.1 Å². The molecule has 21 heavy (non-hydrogen) atoms. The van der Waals surface area contributed by atoms with Crippen molar-refractivity contribution in [2.45, 2.75) is 19.8 Å². The van der Waals surface area contributed by atoms with E-state index < -0.39 is 29.5 Å². The zero-order valence-electron chi connectivity index (χ0n) is 11.5. The van der Waals surface area contributed by atoms with Crippen LogP contribution in [0.1, 0.15) is 25.3 Å². The molecule has 1 fully saturated rings. The number of aliphatic carboxylic acids is 1. The third kappa shape index (κ3) is 3.02. The molecule has 0 aromatic heterocycles. The summed E-state index contributed by atoms with van der Waals surface area (Å²) in [6.45, 7) is 1.89. The van der Waals surface area contributed by atoms with Gasteiger partial charge in [-0.2, -0.15) is 5.26 Å². The van der Waals surface area contributed by atoms with E-state index in [-0.39, 0.29) is 17.2 Å². The van der Waals surface area contributed by atoms with Gasteiger partial charge in [0.15, 0.2) is 0 Å². The van der Waals surface area contributed by atoms with E-state index in [9.17, 15) is 14.0 Å². The zero-order chi connectivity index (χ0) is 15.6. The number of carbonyl (C=O) groups is 2. The highest BCUT2D eigenvalue weighted by molar-refractivity contribution is 5.96. The van der Waals surface area contributed by atoms with E-state index in [0.717, 1.165) is 6.07 Å². The number of carboxylic acid groups (broad SMARTS) is 1. The molecule has 3 atom stereocenters. The van der Waals surface area contributed by atoms with Crippen LogP contribution in [0.5, 0.6) is 0 Å². The third-order valence-electron chi connectivity index (χ3n) is 3.84. The average Bonchev–Trinajstić information content (AvgIpc) is 2.81. The van der Waals surface area contributed by atoms with Gasteiger partial charge in [-0.15, -0.1) is 0 Å². The van der Waals surface area contributed by atoms with Gasteiger partial charge in [0.1, 0.15) is 17.4 Å². The molecule has 1 aliphatic carbocycles. The van der Waals surface area contributed by atoms with Crippen molar-refractivity contribution in [3.8, 4) is 6.07 Å². The molecule has 1 amide bonds. The van der Waals surface area contributed by atoms with Gasteiger partial charge < -0.3 is 10.4 Å². The van der Waals surface area contributed by atoms with Gasteiger partial charge in [-0.1, -0.05) is 13.0 Å². The maximum Gasteiger partial charge on any atom is 0.307 e. The number of nitriles is 1. The number of hydrogen-bond donors (Lipinski definition) is 2. The Morgan fingerprint density at radius 3 is 2.67 bits per heavy atom. The minimum atomic E-state index is -1.00. The number of hydrogen-bond acceptors (Lipinski definition) is 3. The van der Waals surface area contributed by atoms with Crippen LogP contribution in [0.15, 0.2) is 18.2 Å². The van der Waals surface area contributed by atoms with Gasteiger partial charge in [0, 0.05) is 0 Å². The molecule has 0 bridgehead atoms. The van der Waals surface area contributed by atoms with Gasteiger partial charge in [0.2, 0.25) is 5.91 Å². The lowest BCUT2D eigenvalue weighted by Crippen LogP contribution is -2.30. The lowest BCUT2D eigenvalue weighted by atomic mass is 9.95. The highest BCUT2D eigenvalue weighted by Crippen LogP contribution is 2.37. The second-order valence-electron chi connectivity index (χ2n) is 5.39. The molecule has 2 N–H and O–H groups in total. The molecule has 1 saturated carbocycles. The van der Waals surface area contributed by atoms with Crippen LogP contribution in [-0.4, -0.2) is 17.0 Å². The molecule has 0 radical (unpaired) electrons. The molecule has 5 nitrogen and oxygen atoms in total. The van der Waals surface area contributed by atoms with Crippen LogP contribution < -0.4 is 5.32 Å². The fraction of sp³-hybridized carbons (Fsp3) is 0.400. The summed E-state index contributed by atoms with van der Waals surface area (Å²) in [4.78, 5) is 23.4. The Morgan fingerprint density at radius 2 is 2.05 bits per heavy atom. The summed E-state index contributed by atoms with van der Waals surface area (Å²) in [5.74, 6) is -3.45. The number of benzene rings is 1. The molecule has 0 aliphatic heterocycles. The molecule has 2 rings (SSSR count). The molecule has 110 valence electrons. The number of carbonyl (C=O) groups excluding carboxylic acids is 1. The van der Waals surface area contributed by atoms with Crippen molar-refractivity contribution < 1.29 is 19.1 Å². The predicted octanol–water partition coefficient (Wildman–Crippen LogP) is 2.38. The molecule has 0 spiro atoms. The lowest BCUT2D eigenvalue weighted by molar-refractivity contribution is -0.145. The van der Waals surface area contributed by atoms with E-state index in [2.05, 4.69) is 5.32 Å². The molecule has 1 aromatic carbocycles. The summed E-state index contributed by atoms with van der Waals surface area (Å²) in [6.07, 6.45) is 0.918. The minimum Gasteiger partial charge on any atom is -0.481 e. The first-order valence-electron chi connectivity index (χ1n) is 6.66. The topological polar surface area (TPSA) is 90.2 Å². The Labute approximate surface area is 121 Å². The Bertz CT molecular complexity index is 624. The Kier molecular flexibility index (Phi) is 4.22. The second kappa shape index (κ2) is 5.92. The number of amides is 1. The maximum atomic E-state index is 13.5. The van der Waals surface area contributed by atoms with Crippen LogP contribution in [-0.2, 0) is 9.59 Å². The number of nitrogens with zero attached hydrogens (tertiary/aromatic N) is 1. The number of halogens is 1. The second-order valence-corrected chi connectivity index (χ2v) is 5.39. The number of anilines is 1. The first-order chi connectivity index (χ1) is 9.93. The fourth-order valence-corrected chi connectivity index (χ4v) is 2.82. The minimum absolute atomic E-state index is 0.0752. The van der Waals surface area contributed by atoms with Crippen molar-refractivity contribution in [2.75, 3.05) is 5.32 Å². The van der Waals surface area contributed by atoms with E-state index in [1.807, 2.05) is 6.92 Å². The number of nitrogens with one attached hydrogen (secondary N) is 1. The highest BCUT2D eigenvalue weighted by atomic mass is 19.1. The van der Waals surface area contributed by atoms with Crippen LogP contribution in [0.25, 0.3) is 0 Å². The summed E-state index contributed by atoms with van der Waals surface area (Å²) >= 11 is 0. The normalized spacial score (nSPS) is 24.3. The first-order valence-corrected chi connectivity index (χ1v) is 6.66. The lowest BCUT2D eigenvalue weighted by Gasteiger charge is -2.16. The highest BCUT2D eigenvalue weighted by Gasteiger charge is 2.41. The zero-order valence-corrected chi connectivity index (χ0v) is 11.5. The summed E-state index contributed by atoms with van der Waals surface area (Å²) in [7, 11) is 0. The smallest absolute Gasteiger partial charge is 0.307 e. The van der Waals surface area contributed by atoms with Gasteiger partial charge in [0.25, 0.3) is 0 Å². The summed E-state index contributed by atoms with van der Waals surface area (Å²) in [5, 5.41) is 20.6. The number of carboxylic acids is 1. The van der Waals surface area contributed by atoms with Crippen molar-refractivity contribution in [2.24, 2.45) is 17.8 Å². The van der Waals surface area contributed by atoms with E-state index >= 15 is 0 Å². The Morgan fingerprint density at radius 1 is 1.38 bits per heavy atom. The standard InChI is InChI=1S/C15H15FN2O3/c1-8-5-9(10(6-8)15(20)21)14(19)18-13-4-2-3-12(16)11(13)7-17/h2-4,8-10H,5-6H2,1H3,(H,18,19)(H,20,21)/t8?,9-,10+/m0/s1. The third-order valence-corrected chi connectivity index (χ3v) is 3.84. The molecule has 0 saturated heterocycles. The quantitative estimate of drug-likeness (QED) is 0.894. The summed E-state index contributed by atoms with van der Waals surface area (Å²) < 4.78 is 13.5. The molecule has 1 aliphatic rings. The SMILES string of the molecule is CC1C[C@H](C(=O)Nc2cccc(F)c2C#N)[C@H](C(=O)O)C1. The van der Waals surface area contributed by atoms with Gasteiger partial charge in [-0.3, -0.25) is 9.59 Å². The van der Waals surface area contributed by atoms with Gasteiger partial charge >= 0.3 is 5.97 Å². The largest absolute Gasteiger partial charge is 0.481 e. The molecular formula is C15H15FN2O3. The van der Waals surface area contributed by atoms with Crippen LogP contribution >= 0.6 is 0 Å². The van der Waals surface area contributed by atoms with Crippen molar-refractivity contribution in [3.63, 3.8) is 0 Å². The van der Waals surface area contributed by atoms with Gasteiger partial charge in [0.05, 0.1) is 17.5 Å². The van der Waals surface area contributed by atoms with Crippen LogP contribution in [0.2, 0.25) is 0 Å². The van der Waals surface area contributed by atoms with Crippen LogP contribution in [0.3, 0.4) is 0 Å². The maximum absolute atomic E-state index is 13.5. The summed E-state index contributed by atoms with van der Waals surface area (Å²) in [5.41, 5.74) is -0.171. The van der Waals surface area contributed by atoms with E-state index in [1.165, 1.54) is 12.1 Å². The van der Waals surface area contributed by atoms with Crippen molar-refractivity contribution in [3.05, 3.63) is 29.6 Å². The van der Waals surface area contributed by atoms with Gasteiger partial charge in [-0.05, 0) is 30.9 Å². The van der Waals surface area contributed by atoms with Gasteiger partial charge in [-0.25, -0.2) is 4.39 Å². The van der Waals surface area contributed by atoms with Crippen molar-refractivity contribution in [1.29, 1.82) is 5.26 Å². The molecule has 6 heteroatoms. The molecule has 0 heterocycles. The summed E-state index contributed by atoms with van der Waals surface area (Å²) in [6, 6.07) is 5.64. The van der Waals surface area contributed by atoms with E-state index in [1.54, 1.807) is 6.07 Å². The molecule has 1 unspecified atom stereocenters. The Balaban J connectivity index is 2.21. The molecular weight excluding hydrogens is 275 g/mol. The first kappa shape index (κ1) is 15.0.